The van der Waals surface area contributed by atoms with Crippen LogP contribution in [0, 0.1) is 0 Å². The van der Waals surface area contributed by atoms with Crippen LogP contribution in [0.5, 0.6) is 11.5 Å². The van der Waals surface area contributed by atoms with E-state index in [0.29, 0.717) is 29.0 Å². The molecule has 0 spiro atoms. The van der Waals surface area contributed by atoms with Crippen molar-refractivity contribution < 1.29 is 31.1 Å². The summed E-state index contributed by atoms with van der Waals surface area (Å²) in [5, 5.41) is 0. The maximum Gasteiger partial charge on any atom is 0.268 e. The van der Waals surface area contributed by atoms with Gasteiger partial charge in [0.15, 0.2) is 11.5 Å². The Balaban J connectivity index is 1.60. The molecule has 1 aromatic carbocycles. The van der Waals surface area contributed by atoms with Gasteiger partial charge in [-0.3, -0.25) is 4.79 Å². The van der Waals surface area contributed by atoms with Crippen LogP contribution in [0.15, 0.2) is 51.4 Å². The van der Waals surface area contributed by atoms with Gasteiger partial charge in [-0.25, -0.2) is 21.1 Å². The van der Waals surface area contributed by atoms with Crippen molar-refractivity contribution in [2.45, 2.75) is 4.90 Å². The Labute approximate surface area is 167 Å². The van der Waals surface area contributed by atoms with Crippen LogP contribution in [0.1, 0.15) is 0 Å². The van der Waals surface area contributed by atoms with Gasteiger partial charge in [0, 0.05) is 25.9 Å². The lowest BCUT2D eigenvalue weighted by atomic mass is 10.2. The van der Waals surface area contributed by atoms with Crippen LogP contribution >= 0.6 is 0 Å². The van der Waals surface area contributed by atoms with Crippen molar-refractivity contribution >= 4 is 31.8 Å². The molecule has 1 amide bonds. The standard InChI is InChI=1S/C17H17N3O7S2/c1-19(29(24,25)13-3-4-14-15(10-13)27-8-7-26-14)17(21)12-2-5-16-18-28(22,23)9-6-20(16)11-12/h2-5,10-11H,6-9H2,1H3. The average molecular weight is 439 g/mol. The Morgan fingerprint density at radius 1 is 1.17 bits per heavy atom. The molecule has 12 heteroatoms. The monoisotopic (exact) mass is 439 g/mol. The van der Waals surface area contributed by atoms with Crippen LogP contribution < -0.4 is 9.47 Å². The number of hydrogen-bond donors (Lipinski definition) is 0. The lowest BCUT2D eigenvalue weighted by Gasteiger charge is -2.28. The molecule has 29 heavy (non-hydrogen) atoms. The van der Waals surface area contributed by atoms with E-state index in [1.807, 2.05) is 0 Å². The minimum Gasteiger partial charge on any atom is -0.486 e. The molecule has 0 N–H and O–H groups in total. The Kier molecular flexibility index (Phi) is 4.62. The zero-order valence-electron chi connectivity index (χ0n) is 15.3. The van der Waals surface area contributed by atoms with Gasteiger partial charge in [-0.05, 0) is 24.3 Å². The summed E-state index contributed by atoms with van der Waals surface area (Å²) in [5.74, 6) is -0.0266. The van der Waals surface area contributed by atoms with Gasteiger partial charge in [0.1, 0.15) is 19.0 Å². The van der Waals surface area contributed by atoms with Crippen molar-refractivity contribution in [2.75, 3.05) is 32.6 Å². The van der Waals surface area contributed by atoms with Crippen molar-refractivity contribution in [1.82, 2.24) is 9.21 Å². The number of ether oxygens (including phenoxy) is 2. The molecule has 0 saturated carbocycles. The Morgan fingerprint density at radius 3 is 2.66 bits per heavy atom. The third-order valence-electron chi connectivity index (χ3n) is 4.53. The number of hydrogen-bond acceptors (Lipinski definition) is 8. The van der Waals surface area contributed by atoms with Crippen molar-refractivity contribution in [2.24, 2.45) is 4.40 Å². The first-order valence-electron chi connectivity index (χ1n) is 8.59. The van der Waals surface area contributed by atoms with E-state index in [-0.39, 0.29) is 28.6 Å². The number of amides is 1. The first-order valence-corrected chi connectivity index (χ1v) is 11.6. The Bertz CT molecular complexity index is 1180. The van der Waals surface area contributed by atoms with Gasteiger partial charge in [0.05, 0.1) is 16.2 Å². The summed E-state index contributed by atoms with van der Waals surface area (Å²) in [7, 11) is -6.50. The second-order valence-corrected chi connectivity index (χ2v) is 10.2. The van der Waals surface area contributed by atoms with E-state index in [2.05, 4.69) is 4.40 Å². The maximum atomic E-state index is 12.9. The van der Waals surface area contributed by atoms with Gasteiger partial charge < -0.3 is 14.4 Å². The highest BCUT2D eigenvalue weighted by Crippen LogP contribution is 2.33. The Hall–Kier alpha value is -2.86. The number of carbonyl (C=O) groups is 1. The van der Waals surface area contributed by atoms with Gasteiger partial charge in [0.2, 0.25) is 0 Å². The third kappa shape index (κ3) is 3.60. The van der Waals surface area contributed by atoms with Crippen molar-refractivity contribution in [1.29, 1.82) is 0 Å². The highest BCUT2D eigenvalue weighted by atomic mass is 32.2. The molecule has 3 aliphatic rings. The van der Waals surface area contributed by atoms with E-state index < -0.39 is 26.0 Å². The number of benzene rings is 1. The molecule has 0 aliphatic carbocycles. The highest BCUT2D eigenvalue weighted by Gasteiger charge is 2.31. The lowest BCUT2D eigenvalue weighted by molar-refractivity contribution is -0.121. The second-order valence-electron chi connectivity index (χ2n) is 6.43. The van der Waals surface area contributed by atoms with Crippen molar-refractivity contribution in [3.63, 3.8) is 0 Å². The quantitative estimate of drug-likeness (QED) is 0.650. The van der Waals surface area contributed by atoms with Crippen LogP contribution in [0.25, 0.3) is 0 Å². The van der Waals surface area contributed by atoms with E-state index >= 15 is 0 Å². The molecule has 0 atom stereocenters. The number of likely N-dealkylation sites (N-methyl/N-ethyl adjacent to an activating group) is 1. The number of amidine groups is 1. The molecule has 1 aromatic rings. The fraction of sp³-hybridized carbons (Fsp3) is 0.294. The summed E-state index contributed by atoms with van der Waals surface area (Å²) < 4.78 is 64.0. The molecule has 0 radical (unpaired) electrons. The molecule has 0 fully saturated rings. The fourth-order valence-electron chi connectivity index (χ4n) is 2.96. The summed E-state index contributed by atoms with van der Waals surface area (Å²) in [4.78, 5) is 14.2. The zero-order chi connectivity index (χ0) is 20.8. The number of fused-ring (bicyclic) bond motifs is 2. The molecule has 3 aliphatic heterocycles. The van der Waals surface area contributed by atoms with Crippen molar-refractivity contribution in [3.05, 3.63) is 42.1 Å². The van der Waals surface area contributed by atoms with Gasteiger partial charge >= 0.3 is 0 Å². The predicted octanol–water partition coefficient (Wildman–Crippen LogP) is 0.103. The summed E-state index contributed by atoms with van der Waals surface area (Å²) in [6.45, 7) is 0.806. The van der Waals surface area contributed by atoms with E-state index in [4.69, 9.17) is 9.47 Å². The first kappa shape index (κ1) is 19.5. The summed E-state index contributed by atoms with van der Waals surface area (Å²) in [6, 6.07) is 4.15. The molecule has 3 heterocycles. The lowest BCUT2D eigenvalue weighted by Crippen LogP contribution is -2.39. The first-order chi connectivity index (χ1) is 13.7. The highest BCUT2D eigenvalue weighted by molar-refractivity contribution is 7.90. The van der Waals surface area contributed by atoms with Crippen LogP contribution in [-0.4, -0.2) is 70.3 Å². The average Bonchev–Trinajstić information content (AvgIpc) is 2.71. The summed E-state index contributed by atoms with van der Waals surface area (Å²) >= 11 is 0. The molecule has 154 valence electrons. The van der Waals surface area contributed by atoms with Crippen LogP contribution in [0.4, 0.5) is 0 Å². The minimum atomic E-state index is -4.14. The molecular formula is C17H17N3O7S2. The van der Waals surface area contributed by atoms with E-state index in [9.17, 15) is 21.6 Å². The smallest absolute Gasteiger partial charge is 0.268 e. The Morgan fingerprint density at radius 2 is 1.90 bits per heavy atom. The van der Waals surface area contributed by atoms with Gasteiger partial charge in [-0.15, -0.1) is 4.40 Å². The minimum absolute atomic E-state index is 0.0897. The predicted molar refractivity (Wildman–Crippen MR) is 103 cm³/mol. The van der Waals surface area contributed by atoms with Crippen LogP contribution in [0.3, 0.4) is 0 Å². The van der Waals surface area contributed by atoms with Gasteiger partial charge in [-0.2, -0.15) is 0 Å². The summed E-state index contributed by atoms with van der Waals surface area (Å²) in [6.07, 6.45) is 4.11. The molecule has 10 nitrogen and oxygen atoms in total. The topological polar surface area (TPSA) is 123 Å². The molecule has 0 saturated heterocycles. The number of sulfonamides is 2. The number of carbonyl (C=O) groups excluding carboxylic acids is 1. The second kappa shape index (κ2) is 6.88. The molecular weight excluding hydrogens is 422 g/mol. The molecule has 0 aromatic heterocycles. The SMILES string of the molecule is CN(C(=O)C1=CN2CCS(=O)(=O)N=C2C=C1)S(=O)(=O)c1ccc2c(c1)OCCO2. The van der Waals surface area contributed by atoms with Crippen molar-refractivity contribution in [3.8, 4) is 11.5 Å². The van der Waals surface area contributed by atoms with Gasteiger partial charge in [-0.1, -0.05) is 0 Å². The van der Waals surface area contributed by atoms with E-state index in [1.54, 1.807) is 0 Å². The van der Waals surface area contributed by atoms with E-state index in [1.165, 1.54) is 41.5 Å². The molecule has 0 bridgehead atoms. The van der Waals surface area contributed by atoms with E-state index in [0.717, 1.165) is 7.05 Å². The number of nitrogens with zero attached hydrogens (tertiary/aromatic N) is 3. The third-order valence-corrected chi connectivity index (χ3v) is 7.43. The van der Waals surface area contributed by atoms with Gasteiger partial charge in [0.25, 0.3) is 26.0 Å². The number of rotatable bonds is 3. The zero-order valence-corrected chi connectivity index (χ0v) is 16.9. The van der Waals surface area contributed by atoms with Crippen LogP contribution in [-0.2, 0) is 24.8 Å². The molecule has 4 rings (SSSR count). The summed E-state index contributed by atoms with van der Waals surface area (Å²) in [5.41, 5.74) is 0.0897. The largest absolute Gasteiger partial charge is 0.486 e. The maximum absolute atomic E-state index is 12.9. The normalized spacial score (nSPS) is 19.7. The molecule has 0 unspecified atom stereocenters. The fourth-order valence-corrected chi connectivity index (χ4v) is 5.07. The van der Waals surface area contributed by atoms with Crippen LogP contribution in [0.2, 0.25) is 0 Å².